The van der Waals surface area contributed by atoms with Crippen LogP contribution in [-0.4, -0.2) is 15.8 Å². The third kappa shape index (κ3) is 3.18. The summed E-state index contributed by atoms with van der Waals surface area (Å²) in [5.74, 6) is 0. The first-order valence-electron chi connectivity index (χ1n) is 4.02. The fourth-order valence-corrected chi connectivity index (χ4v) is 1.01. The number of hydrogen-bond acceptors (Lipinski definition) is 2. The lowest BCUT2D eigenvalue weighted by atomic mass is 10.2. The van der Waals surface area contributed by atoms with E-state index in [4.69, 9.17) is 5.73 Å². The zero-order valence-corrected chi connectivity index (χ0v) is 6.90. The summed E-state index contributed by atoms with van der Waals surface area (Å²) in [5, 5.41) is 4.09. The number of rotatable bonds is 4. The van der Waals surface area contributed by atoms with E-state index < -0.39 is 0 Å². The van der Waals surface area contributed by atoms with Crippen LogP contribution in [0.5, 0.6) is 0 Å². The lowest BCUT2D eigenvalue weighted by Crippen LogP contribution is -2.15. The van der Waals surface area contributed by atoms with Gasteiger partial charge in [-0.2, -0.15) is 5.10 Å². The van der Waals surface area contributed by atoms with Crippen LogP contribution in [0.3, 0.4) is 0 Å². The van der Waals surface area contributed by atoms with Crippen molar-refractivity contribution >= 4 is 0 Å². The van der Waals surface area contributed by atoms with Crippen molar-refractivity contribution in [2.75, 3.05) is 0 Å². The second-order valence-corrected chi connectivity index (χ2v) is 2.89. The Kier molecular flexibility index (Phi) is 3.11. The van der Waals surface area contributed by atoms with Gasteiger partial charge in [0.1, 0.15) is 0 Å². The highest BCUT2D eigenvalue weighted by molar-refractivity contribution is 4.77. The van der Waals surface area contributed by atoms with Gasteiger partial charge in [-0.05, 0) is 25.8 Å². The van der Waals surface area contributed by atoms with Gasteiger partial charge in [0.15, 0.2) is 0 Å². The summed E-state index contributed by atoms with van der Waals surface area (Å²) in [6, 6.07) is 2.25. The van der Waals surface area contributed by atoms with Crippen LogP contribution in [0, 0.1) is 0 Å². The van der Waals surface area contributed by atoms with Gasteiger partial charge in [-0.15, -0.1) is 0 Å². The quantitative estimate of drug-likeness (QED) is 0.701. The van der Waals surface area contributed by atoms with Crippen molar-refractivity contribution in [2.45, 2.75) is 32.4 Å². The lowest BCUT2D eigenvalue weighted by Gasteiger charge is -2.03. The largest absolute Gasteiger partial charge is 0.328 e. The summed E-state index contributed by atoms with van der Waals surface area (Å²) in [4.78, 5) is 0. The van der Waals surface area contributed by atoms with Gasteiger partial charge in [0.25, 0.3) is 0 Å². The Bertz CT molecular complexity index is 179. The fraction of sp³-hybridized carbons (Fsp3) is 0.625. The molecule has 1 aromatic rings. The van der Waals surface area contributed by atoms with Crippen LogP contribution in [0.4, 0.5) is 0 Å². The van der Waals surface area contributed by atoms with Crippen LogP contribution in [0.25, 0.3) is 0 Å². The van der Waals surface area contributed by atoms with Crippen LogP contribution in [0.1, 0.15) is 19.8 Å². The lowest BCUT2D eigenvalue weighted by molar-refractivity contribution is 0.525. The minimum Gasteiger partial charge on any atom is -0.328 e. The van der Waals surface area contributed by atoms with Gasteiger partial charge >= 0.3 is 0 Å². The molecule has 2 N–H and O–H groups in total. The molecular weight excluding hydrogens is 138 g/mol. The highest BCUT2D eigenvalue weighted by atomic mass is 15.3. The normalized spacial score (nSPS) is 13.3. The van der Waals surface area contributed by atoms with E-state index in [1.165, 1.54) is 0 Å². The number of hydrogen-bond donors (Lipinski definition) is 1. The average Bonchev–Trinajstić information content (AvgIpc) is 2.39. The minimum atomic E-state index is 0.311. The molecule has 0 aliphatic carbocycles. The molecule has 0 saturated carbocycles. The molecule has 11 heavy (non-hydrogen) atoms. The first-order chi connectivity index (χ1) is 5.29. The summed E-state index contributed by atoms with van der Waals surface area (Å²) in [7, 11) is 0. The van der Waals surface area contributed by atoms with Crippen molar-refractivity contribution in [3.8, 4) is 0 Å². The second kappa shape index (κ2) is 4.13. The molecule has 0 radical (unpaired) electrons. The van der Waals surface area contributed by atoms with Gasteiger partial charge < -0.3 is 5.73 Å². The first-order valence-corrected chi connectivity index (χ1v) is 4.02. The maximum atomic E-state index is 5.60. The summed E-state index contributed by atoms with van der Waals surface area (Å²) >= 11 is 0. The third-order valence-corrected chi connectivity index (χ3v) is 1.61. The fourth-order valence-electron chi connectivity index (χ4n) is 1.01. The predicted molar refractivity (Wildman–Crippen MR) is 45.1 cm³/mol. The summed E-state index contributed by atoms with van der Waals surface area (Å²) in [5.41, 5.74) is 5.60. The molecule has 0 spiro atoms. The van der Waals surface area contributed by atoms with Crippen LogP contribution < -0.4 is 5.73 Å². The van der Waals surface area contributed by atoms with Crippen LogP contribution in [-0.2, 0) is 6.54 Å². The zero-order valence-electron chi connectivity index (χ0n) is 6.90. The molecule has 0 aliphatic heterocycles. The second-order valence-electron chi connectivity index (χ2n) is 2.89. The molecule has 0 saturated heterocycles. The Labute approximate surface area is 67.2 Å². The van der Waals surface area contributed by atoms with Gasteiger partial charge in [-0.3, -0.25) is 4.68 Å². The van der Waals surface area contributed by atoms with Crippen molar-refractivity contribution in [3.63, 3.8) is 0 Å². The van der Waals surface area contributed by atoms with E-state index in [1.807, 2.05) is 23.9 Å². The standard InChI is InChI=1S/C8H15N3/c1-8(9)4-2-6-11-7-3-5-10-11/h3,5,7-8H,2,4,6,9H2,1H3/t8-/m1/s1. The van der Waals surface area contributed by atoms with Crippen molar-refractivity contribution in [2.24, 2.45) is 5.73 Å². The molecule has 0 aliphatic rings. The Hall–Kier alpha value is -0.830. The Morgan fingerprint density at radius 2 is 2.45 bits per heavy atom. The monoisotopic (exact) mass is 153 g/mol. The highest BCUT2D eigenvalue weighted by Crippen LogP contribution is 1.96. The summed E-state index contributed by atoms with van der Waals surface area (Å²) in [6.45, 7) is 3.01. The number of aryl methyl sites for hydroxylation is 1. The highest BCUT2D eigenvalue weighted by Gasteiger charge is 1.94. The van der Waals surface area contributed by atoms with Crippen molar-refractivity contribution < 1.29 is 0 Å². The Morgan fingerprint density at radius 3 is 3.00 bits per heavy atom. The smallest absolute Gasteiger partial charge is 0.0489 e. The van der Waals surface area contributed by atoms with Gasteiger partial charge in [0.05, 0.1) is 0 Å². The number of aromatic nitrogens is 2. The molecule has 0 bridgehead atoms. The van der Waals surface area contributed by atoms with Crippen molar-refractivity contribution in [1.82, 2.24) is 9.78 Å². The maximum Gasteiger partial charge on any atom is 0.0489 e. The maximum absolute atomic E-state index is 5.60. The zero-order chi connectivity index (χ0) is 8.10. The van der Waals surface area contributed by atoms with E-state index in [0.717, 1.165) is 19.4 Å². The van der Waals surface area contributed by atoms with Gasteiger partial charge in [0.2, 0.25) is 0 Å². The van der Waals surface area contributed by atoms with Crippen molar-refractivity contribution in [1.29, 1.82) is 0 Å². The molecule has 0 unspecified atom stereocenters. The van der Waals surface area contributed by atoms with E-state index in [0.29, 0.717) is 6.04 Å². The Morgan fingerprint density at radius 1 is 1.64 bits per heavy atom. The molecule has 1 atom stereocenters. The summed E-state index contributed by atoms with van der Waals surface area (Å²) in [6.07, 6.45) is 5.95. The average molecular weight is 153 g/mol. The molecule has 3 nitrogen and oxygen atoms in total. The SMILES string of the molecule is C[C@@H](N)CCCn1cccn1. The topological polar surface area (TPSA) is 43.8 Å². The molecular formula is C8H15N3. The van der Waals surface area contributed by atoms with Crippen LogP contribution in [0.15, 0.2) is 18.5 Å². The minimum absolute atomic E-state index is 0.311. The molecule has 3 heteroatoms. The van der Waals surface area contributed by atoms with Gasteiger partial charge in [-0.1, -0.05) is 0 Å². The van der Waals surface area contributed by atoms with E-state index in [9.17, 15) is 0 Å². The Balaban J connectivity index is 2.14. The molecule has 1 rings (SSSR count). The van der Waals surface area contributed by atoms with E-state index >= 15 is 0 Å². The van der Waals surface area contributed by atoms with Gasteiger partial charge in [0, 0.05) is 25.0 Å². The van der Waals surface area contributed by atoms with Crippen molar-refractivity contribution in [3.05, 3.63) is 18.5 Å². The molecule has 0 fully saturated rings. The van der Waals surface area contributed by atoms with E-state index in [1.54, 1.807) is 6.20 Å². The number of nitrogens with two attached hydrogens (primary N) is 1. The summed E-state index contributed by atoms with van der Waals surface area (Å²) < 4.78 is 1.93. The predicted octanol–water partition coefficient (Wildman–Crippen LogP) is 1.01. The van der Waals surface area contributed by atoms with Crippen LogP contribution >= 0.6 is 0 Å². The molecule has 1 heterocycles. The third-order valence-electron chi connectivity index (χ3n) is 1.61. The number of nitrogens with zero attached hydrogens (tertiary/aromatic N) is 2. The molecule has 0 amide bonds. The van der Waals surface area contributed by atoms with Gasteiger partial charge in [-0.25, -0.2) is 0 Å². The van der Waals surface area contributed by atoms with E-state index in [2.05, 4.69) is 5.10 Å². The molecule has 62 valence electrons. The first kappa shape index (κ1) is 8.27. The molecule has 1 aromatic heterocycles. The van der Waals surface area contributed by atoms with E-state index in [-0.39, 0.29) is 0 Å². The van der Waals surface area contributed by atoms with Crippen LogP contribution in [0.2, 0.25) is 0 Å². The molecule has 0 aromatic carbocycles.